The third-order valence-electron chi connectivity index (χ3n) is 3.15. The molecule has 0 heterocycles. The Morgan fingerprint density at radius 3 is 2.20 bits per heavy atom. The van der Waals surface area contributed by atoms with E-state index in [0.29, 0.717) is 12.8 Å². The molecule has 0 saturated heterocycles. The number of ketones is 1. The Morgan fingerprint density at radius 2 is 2.00 bits per heavy atom. The van der Waals surface area contributed by atoms with E-state index in [-0.39, 0.29) is 11.2 Å². The molecule has 1 N–H and O–H groups in total. The van der Waals surface area contributed by atoms with Crippen LogP contribution in [0.5, 0.6) is 0 Å². The van der Waals surface area contributed by atoms with Gasteiger partial charge in [0.05, 0.1) is 11.0 Å². The van der Waals surface area contributed by atoms with Crippen LogP contribution in [0.25, 0.3) is 0 Å². The molecule has 10 heavy (non-hydrogen) atoms. The van der Waals surface area contributed by atoms with Crippen LogP contribution in [0.15, 0.2) is 0 Å². The highest BCUT2D eigenvalue weighted by Crippen LogP contribution is 2.60. The van der Waals surface area contributed by atoms with E-state index in [0.717, 1.165) is 12.8 Å². The summed E-state index contributed by atoms with van der Waals surface area (Å²) in [5, 5.41) is 9.73. The standard InChI is InChI=1S/C8H12O2/c1-7(10)3-2-6(9)8(7)4-5-8/h10H,2-5H2,1H3. The van der Waals surface area contributed by atoms with E-state index in [1.54, 1.807) is 6.92 Å². The molecule has 2 nitrogen and oxygen atoms in total. The van der Waals surface area contributed by atoms with Crippen molar-refractivity contribution in [1.29, 1.82) is 0 Å². The molecule has 0 amide bonds. The molecule has 1 atom stereocenters. The number of Topliss-reactive ketones (excluding diaryl/α,β-unsaturated/α-hetero) is 1. The number of carbonyl (C=O) groups excluding carboxylic acids is 1. The Labute approximate surface area is 60.2 Å². The second-order valence-corrected chi connectivity index (χ2v) is 3.78. The minimum absolute atomic E-state index is 0.285. The first-order valence-corrected chi connectivity index (χ1v) is 3.84. The molecule has 0 aliphatic heterocycles. The molecule has 0 bridgehead atoms. The van der Waals surface area contributed by atoms with Gasteiger partial charge in [0, 0.05) is 6.42 Å². The maximum atomic E-state index is 11.2. The molecule has 0 aromatic carbocycles. The summed E-state index contributed by atoms with van der Waals surface area (Å²) >= 11 is 0. The van der Waals surface area contributed by atoms with Gasteiger partial charge in [0.25, 0.3) is 0 Å². The van der Waals surface area contributed by atoms with Crippen LogP contribution in [0, 0.1) is 5.41 Å². The maximum Gasteiger partial charge on any atom is 0.142 e. The largest absolute Gasteiger partial charge is 0.389 e. The van der Waals surface area contributed by atoms with Gasteiger partial charge in [-0.25, -0.2) is 0 Å². The van der Waals surface area contributed by atoms with Crippen molar-refractivity contribution in [3.63, 3.8) is 0 Å². The Hall–Kier alpha value is -0.370. The molecule has 1 spiro atoms. The second kappa shape index (κ2) is 1.45. The van der Waals surface area contributed by atoms with E-state index < -0.39 is 5.60 Å². The van der Waals surface area contributed by atoms with Gasteiger partial charge in [-0.3, -0.25) is 4.79 Å². The first kappa shape index (κ1) is 6.35. The number of rotatable bonds is 0. The van der Waals surface area contributed by atoms with Gasteiger partial charge in [-0.05, 0) is 26.2 Å². The SMILES string of the molecule is CC1(O)CCC(=O)C12CC2. The highest BCUT2D eigenvalue weighted by molar-refractivity contribution is 5.91. The Kier molecular flexibility index (Phi) is 0.919. The minimum atomic E-state index is -0.677. The Bertz CT molecular complexity index is 189. The molecule has 2 fully saturated rings. The molecule has 2 aliphatic carbocycles. The van der Waals surface area contributed by atoms with E-state index >= 15 is 0 Å². The van der Waals surface area contributed by atoms with E-state index in [2.05, 4.69) is 0 Å². The molecule has 56 valence electrons. The molecule has 2 rings (SSSR count). The maximum absolute atomic E-state index is 11.2. The molecule has 0 aromatic heterocycles. The van der Waals surface area contributed by atoms with Crippen molar-refractivity contribution in [2.75, 3.05) is 0 Å². The average molecular weight is 140 g/mol. The zero-order valence-corrected chi connectivity index (χ0v) is 6.18. The van der Waals surface area contributed by atoms with Crippen LogP contribution >= 0.6 is 0 Å². The summed E-state index contributed by atoms with van der Waals surface area (Å²) in [5.41, 5.74) is -0.961. The number of hydrogen-bond acceptors (Lipinski definition) is 2. The first-order chi connectivity index (χ1) is 4.58. The van der Waals surface area contributed by atoms with E-state index in [4.69, 9.17) is 0 Å². The van der Waals surface area contributed by atoms with Gasteiger partial charge in [-0.15, -0.1) is 0 Å². The zero-order valence-electron chi connectivity index (χ0n) is 6.18. The van der Waals surface area contributed by atoms with E-state index in [9.17, 15) is 9.90 Å². The van der Waals surface area contributed by atoms with Crippen LogP contribution in [0.4, 0.5) is 0 Å². The zero-order chi connectivity index (χ0) is 7.41. The smallest absolute Gasteiger partial charge is 0.142 e. The van der Waals surface area contributed by atoms with Gasteiger partial charge in [0.2, 0.25) is 0 Å². The van der Waals surface area contributed by atoms with Crippen molar-refractivity contribution in [1.82, 2.24) is 0 Å². The highest BCUT2D eigenvalue weighted by Gasteiger charge is 2.64. The van der Waals surface area contributed by atoms with Crippen LogP contribution in [-0.4, -0.2) is 16.5 Å². The van der Waals surface area contributed by atoms with Gasteiger partial charge in [0.15, 0.2) is 0 Å². The van der Waals surface area contributed by atoms with Gasteiger partial charge in [-0.2, -0.15) is 0 Å². The predicted octanol–water partition coefficient (Wildman–Crippen LogP) is 0.881. The fourth-order valence-corrected chi connectivity index (χ4v) is 2.08. The molecule has 0 aromatic rings. The van der Waals surface area contributed by atoms with Crippen LogP contribution < -0.4 is 0 Å². The fraction of sp³-hybridized carbons (Fsp3) is 0.875. The van der Waals surface area contributed by atoms with E-state index in [1.807, 2.05) is 0 Å². The summed E-state index contributed by atoms with van der Waals surface area (Å²) in [4.78, 5) is 11.2. The molecule has 2 aliphatic rings. The van der Waals surface area contributed by atoms with E-state index in [1.165, 1.54) is 0 Å². The molecule has 2 saturated carbocycles. The molecular weight excluding hydrogens is 128 g/mol. The minimum Gasteiger partial charge on any atom is -0.389 e. The lowest BCUT2D eigenvalue weighted by Gasteiger charge is -2.23. The summed E-state index contributed by atoms with van der Waals surface area (Å²) in [6.07, 6.45) is 3.09. The number of carbonyl (C=O) groups is 1. The van der Waals surface area contributed by atoms with Crippen molar-refractivity contribution >= 4 is 5.78 Å². The van der Waals surface area contributed by atoms with Crippen molar-refractivity contribution in [2.24, 2.45) is 5.41 Å². The number of hydrogen-bond donors (Lipinski definition) is 1. The van der Waals surface area contributed by atoms with Crippen LogP contribution in [0.1, 0.15) is 32.6 Å². The summed E-state index contributed by atoms with van der Waals surface area (Å²) in [5.74, 6) is 0.289. The van der Waals surface area contributed by atoms with Crippen molar-refractivity contribution < 1.29 is 9.90 Å². The van der Waals surface area contributed by atoms with Crippen molar-refractivity contribution in [3.8, 4) is 0 Å². The number of aliphatic hydroxyl groups is 1. The summed E-state index contributed by atoms with van der Waals surface area (Å²) in [6, 6.07) is 0. The van der Waals surface area contributed by atoms with Crippen LogP contribution in [0.3, 0.4) is 0 Å². The third-order valence-corrected chi connectivity index (χ3v) is 3.15. The first-order valence-electron chi connectivity index (χ1n) is 3.84. The molecule has 2 heteroatoms. The third kappa shape index (κ3) is 0.511. The Morgan fingerprint density at radius 1 is 1.40 bits per heavy atom. The fourth-order valence-electron chi connectivity index (χ4n) is 2.08. The topological polar surface area (TPSA) is 37.3 Å². The molecule has 1 unspecified atom stereocenters. The van der Waals surface area contributed by atoms with Crippen LogP contribution in [-0.2, 0) is 4.79 Å². The normalized spacial score (nSPS) is 42.8. The second-order valence-electron chi connectivity index (χ2n) is 3.78. The summed E-state index contributed by atoms with van der Waals surface area (Å²) in [6.45, 7) is 1.80. The van der Waals surface area contributed by atoms with Crippen LogP contribution in [0.2, 0.25) is 0 Å². The lowest BCUT2D eigenvalue weighted by atomic mass is 9.89. The van der Waals surface area contributed by atoms with Gasteiger partial charge in [0.1, 0.15) is 5.78 Å². The average Bonchev–Trinajstić information content (AvgIpc) is 2.58. The van der Waals surface area contributed by atoms with Crippen molar-refractivity contribution in [2.45, 2.75) is 38.2 Å². The van der Waals surface area contributed by atoms with Crippen molar-refractivity contribution in [3.05, 3.63) is 0 Å². The lowest BCUT2D eigenvalue weighted by molar-refractivity contribution is -0.126. The quantitative estimate of drug-likeness (QED) is 0.542. The summed E-state index contributed by atoms with van der Waals surface area (Å²) in [7, 11) is 0. The Balaban J connectivity index is 2.35. The molecular formula is C8H12O2. The predicted molar refractivity (Wildman–Crippen MR) is 36.5 cm³/mol. The van der Waals surface area contributed by atoms with Gasteiger partial charge in [-0.1, -0.05) is 0 Å². The summed E-state index contributed by atoms with van der Waals surface area (Å²) < 4.78 is 0. The lowest BCUT2D eigenvalue weighted by Crippen LogP contribution is -2.33. The monoisotopic (exact) mass is 140 g/mol. The highest BCUT2D eigenvalue weighted by atomic mass is 16.3. The van der Waals surface area contributed by atoms with Gasteiger partial charge >= 0.3 is 0 Å². The van der Waals surface area contributed by atoms with Gasteiger partial charge < -0.3 is 5.11 Å². The molecule has 0 radical (unpaired) electrons.